The number of hydrogen-bond donors (Lipinski definition) is 0. The Bertz CT molecular complexity index is 1720. The molecular weight excluding hydrogens is 594 g/mol. The second-order valence-electron chi connectivity index (χ2n) is 11.4. The number of rotatable bonds is 8. The molecule has 1 aliphatic heterocycles. The third-order valence-electron chi connectivity index (χ3n) is 8.32. The molecular formula is C35H38ClN3O4S. The summed E-state index contributed by atoms with van der Waals surface area (Å²) in [4.78, 5) is 48.2. The first kappa shape index (κ1) is 31.7. The standard InChI is InChI=1S/C35H38ClN3O4S/c1-6-22-10-8-11-23(7-2)31(22)39-30(21(3)4)27(33(40)38-17-9-12-25(19-38)35(42)43-5)18-28(34(39)41)32-37-29(20-44-32)24-13-15-26(36)16-14-24/h8,10-11,13-16,18,20-21,25H,6-7,9,12,17,19H2,1-5H3. The first-order valence-electron chi connectivity index (χ1n) is 15.2. The maximum absolute atomic E-state index is 14.7. The van der Waals surface area contributed by atoms with E-state index in [-0.39, 0.29) is 35.8 Å². The normalized spacial score (nSPS) is 15.1. The van der Waals surface area contributed by atoms with Crippen LogP contribution < -0.4 is 5.56 Å². The molecule has 1 unspecified atom stereocenters. The minimum absolute atomic E-state index is 0.146. The fraction of sp³-hybridized carbons (Fsp3) is 0.371. The van der Waals surface area contributed by atoms with Crippen molar-refractivity contribution in [3.8, 4) is 27.5 Å². The van der Waals surface area contributed by atoms with E-state index in [0.29, 0.717) is 46.2 Å². The van der Waals surface area contributed by atoms with E-state index in [4.69, 9.17) is 21.3 Å². The minimum atomic E-state index is -0.376. The molecule has 0 N–H and O–H groups in total. The van der Waals surface area contributed by atoms with E-state index < -0.39 is 0 Å². The van der Waals surface area contributed by atoms with Gasteiger partial charge < -0.3 is 9.64 Å². The Morgan fingerprint density at radius 2 is 1.77 bits per heavy atom. The van der Waals surface area contributed by atoms with Gasteiger partial charge in [-0.1, -0.05) is 69.6 Å². The van der Waals surface area contributed by atoms with E-state index in [9.17, 15) is 14.4 Å². The van der Waals surface area contributed by atoms with Gasteiger partial charge in [-0.25, -0.2) is 4.98 Å². The van der Waals surface area contributed by atoms with Crippen molar-refractivity contribution < 1.29 is 14.3 Å². The molecule has 1 saturated heterocycles. The summed E-state index contributed by atoms with van der Waals surface area (Å²) in [5.74, 6) is -1.02. The highest BCUT2D eigenvalue weighted by Gasteiger charge is 2.33. The first-order chi connectivity index (χ1) is 21.2. The summed E-state index contributed by atoms with van der Waals surface area (Å²) in [6.45, 7) is 8.99. The first-order valence-corrected chi connectivity index (χ1v) is 16.4. The Morgan fingerprint density at radius 3 is 2.39 bits per heavy atom. The number of halogens is 1. The molecule has 0 radical (unpaired) electrons. The van der Waals surface area contributed by atoms with E-state index in [1.807, 2.05) is 61.7 Å². The number of carbonyl (C=O) groups is 2. The molecule has 1 atom stereocenters. The molecule has 1 amide bonds. The van der Waals surface area contributed by atoms with E-state index in [2.05, 4.69) is 13.8 Å². The van der Waals surface area contributed by atoms with E-state index in [1.54, 1.807) is 15.5 Å². The number of likely N-dealkylation sites (tertiary alicyclic amines) is 1. The number of esters is 1. The lowest BCUT2D eigenvalue weighted by Gasteiger charge is -2.33. The molecule has 5 rings (SSSR count). The van der Waals surface area contributed by atoms with Crippen molar-refractivity contribution >= 4 is 34.8 Å². The van der Waals surface area contributed by atoms with Crippen LogP contribution in [0.4, 0.5) is 0 Å². The van der Waals surface area contributed by atoms with E-state index in [1.165, 1.54) is 18.4 Å². The van der Waals surface area contributed by atoms with Crippen LogP contribution in [-0.4, -0.2) is 46.5 Å². The summed E-state index contributed by atoms with van der Waals surface area (Å²) >= 11 is 7.48. The van der Waals surface area contributed by atoms with Gasteiger partial charge in [0.1, 0.15) is 5.01 Å². The highest BCUT2D eigenvalue weighted by Crippen LogP contribution is 2.34. The van der Waals surface area contributed by atoms with Gasteiger partial charge in [0.05, 0.1) is 35.5 Å². The second-order valence-corrected chi connectivity index (χ2v) is 12.7. The molecule has 3 heterocycles. The number of amides is 1. The van der Waals surface area contributed by atoms with Crippen LogP contribution in [-0.2, 0) is 22.4 Å². The van der Waals surface area contributed by atoms with Gasteiger partial charge in [0.2, 0.25) is 0 Å². The fourth-order valence-electron chi connectivity index (χ4n) is 6.09. The molecule has 2 aromatic heterocycles. The summed E-state index contributed by atoms with van der Waals surface area (Å²) in [5.41, 5.74) is 5.81. The van der Waals surface area contributed by atoms with Crippen molar-refractivity contribution in [1.29, 1.82) is 0 Å². The minimum Gasteiger partial charge on any atom is -0.469 e. The monoisotopic (exact) mass is 631 g/mol. The van der Waals surface area contributed by atoms with Gasteiger partial charge in [-0.3, -0.25) is 19.0 Å². The summed E-state index contributed by atoms with van der Waals surface area (Å²) in [7, 11) is 1.38. The number of aryl methyl sites for hydroxylation is 2. The fourth-order valence-corrected chi connectivity index (χ4v) is 7.05. The predicted molar refractivity (Wildman–Crippen MR) is 177 cm³/mol. The van der Waals surface area contributed by atoms with Crippen molar-refractivity contribution in [1.82, 2.24) is 14.5 Å². The van der Waals surface area contributed by atoms with Crippen LogP contribution >= 0.6 is 22.9 Å². The van der Waals surface area contributed by atoms with Gasteiger partial charge in [0, 0.05) is 34.7 Å². The van der Waals surface area contributed by atoms with Crippen LogP contribution in [0.3, 0.4) is 0 Å². The smallest absolute Gasteiger partial charge is 0.310 e. The maximum atomic E-state index is 14.7. The number of nitrogens with zero attached hydrogens (tertiary/aromatic N) is 3. The molecule has 1 fully saturated rings. The number of piperidine rings is 1. The molecule has 9 heteroatoms. The third-order valence-corrected chi connectivity index (χ3v) is 9.45. The summed E-state index contributed by atoms with van der Waals surface area (Å²) in [6.07, 6.45) is 2.83. The van der Waals surface area contributed by atoms with Crippen LogP contribution in [0.15, 0.2) is 58.7 Å². The average molecular weight is 632 g/mol. The quantitative estimate of drug-likeness (QED) is 0.188. The van der Waals surface area contributed by atoms with Crippen LogP contribution in [0.5, 0.6) is 0 Å². The Morgan fingerprint density at radius 1 is 1.09 bits per heavy atom. The predicted octanol–water partition coefficient (Wildman–Crippen LogP) is 7.55. The number of para-hydroxylation sites is 1. The molecule has 7 nitrogen and oxygen atoms in total. The van der Waals surface area contributed by atoms with Gasteiger partial charge in [0.25, 0.3) is 11.5 Å². The van der Waals surface area contributed by atoms with Crippen molar-refractivity contribution in [3.63, 3.8) is 0 Å². The summed E-state index contributed by atoms with van der Waals surface area (Å²) < 4.78 is 6.79. The highest BCUT2D eigenvalue weighted by atomic mass is 35.5. The molecule has 4 aromatic rings. The zero-order valence-electron chi connectivity index (χ0n) is 25.9. The third kappa shape index (κ3) is 6.10. The SMILES string of the molecule is CCc1cccc(CC)c1-n1c(C(C)C)c(C(=O)N2CCCC(C(=O)OC)C2)cc(-c2nc(-c3ccc(Cl)cc3)cs2)c1=O. The highest BCUT2D eigenvalue weighted by molar-refractivity contribution is 7.13. The lowest BCUT2D eigenvalue weighted by molar-refractivity contribution is -0.146. The molecule has 0 saturated carbocycles. The second kappa shape index (κ2) is 13.5. The number of hydrogen-bond acceptors (Lipinski definition) is 6. The Labute approximate surface area is 267 Å². The Hall–Kier alpha value is -3.75. The van der Waals surface area contributed by atoms with E-state index >= 15 is 0 Å². The molecule has 1 aliphatic rings. The largest absolute Gasteiger partial charge is 0.469 e. The van der Waals surface area contributed by atoms with Gasteiger partial charge >= 0.3 is 5.97 Å². The zero-order valence-corrected chi connectivity index (χ0v) is 27.4. The van der Waals surface area contributed by atoms with Crippen LogP contribution in [0.25, 0.3) is 27.5 Å². The number of methoxy groups -OCH3 is 1. The molecule has 0 bridgehead atoms. The summed E-state index contributed by atoms with van der Waals surface area (Å²) in [5, 5.41) is 3.09. The zero-order chi connectivity index (χ0) is 31.5. The number of pyridine rings is 1. The Balaban J connectivity index is 1.76. The number of carbonyl (C=O) groups excluding carboxylic acids is 2. The van der Waals surface area contributed by atoms with Gasteiger partial charge in [-0.2, -0.15) is 0 Å². The number of thiazole rings is 1. The maximum Gasteiger partial charge on any atom is 0.310 e. The van der Waals surface area contributed by atoms with Crippen molar-refractivity contribution in [2.75, 3.05) is 20.2 Å². The van der Waals surface area contributed by atoms with E-state index in [0.717, 1.165) is 40.9 Å². The number of aromatic nitrogens is 2. The van der Waals surface area contributed by atoms with Crippen LogP contribution in [0, 0.1) is 5.92 Å². The molecule has 0 spiro atoms. The van der Waals surface area contributed by atoms with Crippen LogP contribution in [0.1, 0.15) is 73.6 Å². The van der Waals surface area contributed by atoms with Crippen molar-refractivity contribution in [3.05, 3.63) is 91.7 Å². The molecule has 2 aromatic carbocycles. The topological polar surface area (TPSA) is 81.5 Å². The van der Waals surface area contributed by atoms with Gasteiger partial charge in [0.15, 0.2) is 0 Å². The van der Waals surface area contributed by atoms with Crippen molar-refractivity contribution in [2.24, 2.45) is 5.92 Å². The number of ether oxygens (including phenoxy) is 1. The van der Waals surface area contributed by atoms with Gasteiger partial charge in [-0.05, 0) is 60.9 Å². The average Bonchev–Trinajstić information content (AvgIpc) is 3.53. The van der Waals surface area contributed by atoms with Crippen molar-refractivity contribution in [2.45, 2.75) is 59.3 Å². The molecule has 44 heavy (non-hydrogen) atoms. The summed E-state index contributed by atoms with van der Waals surface area (Å²) in [6, 6.07) is 15.3. The lowest BCUT2D eigenvalue weighted by Crippen LogP contribution is -2.43. The number of benzene rings is 2. The van der Waals surface area contributed by atoms with Crippen LogP contribution in [0.2, 0.25) is 5.02 Å². The molecule has 230 valence electrons. The Kier molecular flexibility index (Phi) is 9.71. The molecule has 0 aliphatic carbocycles. The lowest BCUT2D eigenvalue weighted by atomic mass is 9.94. The van der Waals surface area contributed by atoms with Gasteiger partial charge in [-0.15, -0.1) is 11.3 Å².